The highest BCUT2D eigenvalue weighted by atomic mass is 32.1. The van der Waals surface area contributed by atoms with Crippen molar-refractivity contribution >= 4 is 34.3 Å². The number of thiophene rings is 1. The Morgan fingerprint density at radius 2 is 2.00 bits per heavy atom. The van der Waals surface area contributed by atoms with Gasteiger partial charge in [-0.1, -0.05) is 6.92 Å². The zero-order valence-electron chi connectivity index (χ0n) is 14.0. The monoisotopic (exact) mass is 344 g/mol. The van der Waals surface area contributed by atoms with Crippen LogP contribution in [0.5, 0.6) is 0 Å². The maximum atomic E-state index is 12.2. The summed E-state index contributed by atoms with van der Waals surface area (Å²) in [5, 5.41) is 3.33. The van der Waals surface area contributed by atoms with Crippen LogP contribution in [0.15, 0.2) is 30.6 Å². The Balaban J connectivity index is 2.21. The summed E-state index contributed by atoms with van der Waals surface area (Å²) in [6.07, 6.45) is 7.16. The van der Waals surface area contributed by atoms with E-state index < -0.39 is 5.97 Å². The summed E-state index contributed by atoms with van der Waals surface area (Å²) < 4.78 is 5.13. The van der Waals surface area contributed by atoms with Gasteiger partial charge < -0.3 is 10.1 Å². The summed E-state index contributed by atoms with van der Waals surface area (Å²) in [7, 11) is 0. The molecule has 5 nitrogen and oxygen atoms in total. The molecule has 1 amide bonds. The molecule has 0 fully saturated rings. The standard InChI is InChI=1S/C18H20N2O3S/c1-4-14-12(3)24-17(16(14)18(22)23-5-2)20-15(21)7-6-13-8-10-19-11-9-13/h6-11H,4-5H2,1-3H3,(H,20,21)/b7-6+. The van der Waals surface area contributed by atoms with Crippen LogP contribution in [0.2, 0.25) is 0 Å². The van der Waals surface area contributed by atoms with Gasteiger partial charge in [-0.2, -0.15) is 0 Å². The van der Waals surface area contributed by atoms with E-state index in [9.17, 15) is 9.59 Å². The van der Waals surface area contributed by atoms with Crippen molar-refractivity contribution < 1.29 is 14.3 Å². The number of pyridine rings is 1. The summed E-state index contributed by atoms with van der Waals surface area (Å²) in [5.74, 6) is -0.687. The van der Waals surface area contributed by atoms with E-state index in [-0.39, 0.29) is 5.91 Å². The Kier molecular flexibility index (Phi) is 6.26. The van der Waals surface area contributed by atoms with Gasteiger partial charge in [0.2, 0.25) is 5.91 Å². The minimum atomic E-state index is -0.396. The number of amides is 1. The first-order chi connectivity index (χ1) is 11.6. The van der Waals surface area contributed by atoms with Crippen molar-refractivity contribution in [3.63, 3.8) is 0 Å². The summed E-state index contributed by atoms with van der Waals surface area (Å²) in [4.78, 5) is 29.3. The lowest BCUT2D eigenvalue weighted by atomic mass is 10.1. The van der Waals surface area contributed by atoms with Gasteiger partial charge in [-0.3, -0.25) is 9.78 Å². The number of esters is 1. The summed E-state index contributed by atoms with van der Waals surface area (Å²) in [6.45, 7) is 5.98. The fourth-order valence-electron chi connectivity index (χ4n) is 2.31. The first-order valence-electron chi connectivity index (χ1n) is 7.75. The van der Waals surface area contributed by atoms with Gasteiger partial charge in [-0.15, -0.1) is 11.3 Å². The largest absolute Gasteiger partial charge is 0.462 e. The molecule has 0 saturated heterocycles. The van der Waals surface area contributed by atoms with Gasteiger partial charge >= 0.3 is 5.97 Å². The number of ether oxygens (including phenoxy) is 1. The molecule has 0 aliphatic carbocycles. The molecule has 0 aliphatic heterocycles. The Morgan fingerprint density at radius 3 is 2.62 bits per heavy atom. The van der Waals surface area contributed by atoms with E-state index in [0.29, 0.717) is 23.6 Å². The second kappa shape index (κ2) is 8.40. The molecule has 2 heterocycles. The number of aryl methyl sites for hydroxylation is 1. The smallest absolute Gasteiger partial charge is 0.341 e. The molecule has 2 aromatic heterocycles. The molecule has 0 bridgehead atoms. The van der Waals surface area contributed by atoms with E-state index in [1.807, 2.05) is 13.8 Å². The lowest BCUT2D eigenvalue weighted by Crippen LogP contribution is -2.13. The van der Waals surface area contributed by atoms with Crippen LogP contribution in [-0.2, 0) is 16.0 Å². The quantitative estimate of drug-likeness (QED) is 0.638. The molecule has 0 spiro atoms. The van der Waals surface area contributed by atoms with Crippen LogP contribution in [0, 0.1) is 6.92 Å². The first-order valence-corrected chi connectivity index (χ1v) is 8.56. The number of aromatic nitrogens is 1. The maximum absolute atomic E-state index is 12.2. The SMILES string of the molecule is CCOC(=O)c1c(NC(=O)/C=C/c2ccncc2)sc(C)c1CC. The van der Waals surface area contributed by atoms with E-state index in [4.69, 9.17) is 4.74 Å². The van der Waals surface area contributed by atoms with Gasteiger partial charge in [-0.25, -0.2) is 4.79 Å². The Hall–Kier alpha value is -2.47. The van der Waals surface area contributed by atoms with Crippen molar-refractivity contribution in [2.24, 2.45) is 0 Å². The van der Waals surface area contributed by atoms with Gasteiger partial charge in [-0.05, 0) is 49.6 Å². The van der Waals surface area contributed by atoms with Gasteiger partial charge in [0.1, 0.15) is 5.00 Å². The Labute approximate surface area is 145 Å². The number of nitrogens with one attached hydrogen (secondary N) is 1. The average molecular weight is 344 g/mol. The zero-order valence-corrected chi connectivity index (χ0v) is 14.8. The number of hydrogen-bond acceptors (Lipinski definition) is 5. The lowest BCUT2D eigenvalue weighted by molar-refractivity contribution is -0.111. The van der Waals surface area contributed by atoms with Gasteiger partial charge in [0, 0.05) is 23.3 Å². The van der Waals surface area contributed by atoms with Crippen molar-refractivity contribution in [3.05, 3.63) is 52.2 Å². The summed E-state index contributed by atoms with van der Waals surface area (Å²) in [6, 6.07) is 3.61. The van der Waals surface area contributed by atoms with E-state index >= 15 is 0 Å². The van der Waals surface area contributed by atoms with Crippen LogP contribution in [0.1, 0.15) is 40.2 Å². The third kappa shape index (κ3) is 4.29. The predicted octanol–water partition coefficient (Wildman–Crippen LogP) is 3.84. The lowest BCUT2D eigenvalue weighted by Gasteiger charge is -2.06. The molecule has 6 heteroatoms. The van der Waals surface area contributed by atoms with Gasteiger partial charge in [0.15, 0.2) is 0 Å². The first kappa shape index (κ1) is 17.9. The zero-order chi connectivity index (χ0) is 17.5. The highest BCUT2D eigenvalue weighted by Gasteiger charge is 2.22. The number of carbonyl (C=O) groups is 2. The highest BCUT2D eigenvalue weighted by Crippen LogP contribution is 2.34. The van der Waals surface area contributed by atoms with E-state index in [1.54, 1.807) is 37.5 Å². The van der Waals surface area contributed by atoms with Crippen LogP contribution in [0.3, 0.4) is 0 Å². The minimum absolute atomic E-state index is 0.290. The summed E-state index contributed by atoms with van der Waals surface area (Å²) >= 11 is 1.39. The number of hydrogen-bond donors (Lipinski definition) is 1. The molecule has 0 saturated carbocycles. The Morgan fingerprint density at radius 1 is 1.29 bits per heavy atom. The third-order valence-electron chi connectivity index (χ3n) is 3.41. The molecule has 0 aromatic carbocycles. The second-order valence-electron chi connectivity index (χ2n) is 5.02. The third-order valence-corrected chi connectivity index (χ3v) is 4.47. The van der Waals surface area contributed by atoms with E-state index in [0.717, 1.165) is 16.0 Å². The fourth-order valence-corrected chi connectivity index (χ4v) is 3.45. The van der Waals surface area contributed by atoms with E-state index in [1.165, 1.54) is 17.4 Å². The molecule has 24 heavy (non-hydrogen) atoms. The normalized spacial score (nSPS) is 10.8. The second-order valence-corrected chi connectivity index (χ2v) is 6.24. The molecular weight excluding hydrogens is 324 g/mol. The van der Waals surface area contributed by atoms with Crippen molar-refractivity contribution in [2.45, 2.75) is 27.2 Å². The molecule has 0 atom stereocenters. The molecule has 0 radical (unpaired) electrons. The van der Waals surface area contributed by atoms with Crippen LogP contribution in [0.25, 0.3) is 6.08 Å². The minimum Gasteiger partial charge on any atom is -0.462 e. The maximum Gasteiger partial charge on any atom is 0.341 e. The molecule has 1 N–H and O–H groups in total. The number of rotatable bonds is 6. The van der Waals surface area contributed by atoms with Crippen LogP contribution in [-0.4, -0.2) is 23.5 Å². The van der Waals surface area contributed by atoms with Crippen molar-refractivity contribution in [3.8, 4) is 0 Å². The summed E-state index contributed by atoms with van der Waals surface area (Å²) in [5.41, 5.74) is 2.27. The van der Waals surface area contributed by atoms with Gasteiger partial charge in [0.05, 0.1) is 12.2 Å². The topological polar surface area (TPSA) is 68.3 Å². The average Bonchev–Trinajstić information content (AvgIpc) is 2.89. The molecule has 2 rings (SSSR count). The highest BCUT2D eigenvalue weighted by molar-refractivity contribution is 7.16. The number of carbonyl (C=O) groups excluding carboxylic acids is 2. The molecule has 126 valence electrons. The molecule has 2 aromatic rings. The molecule has 0 aliphatic rings. The van der Waals surface area contributed by atoms with Crippen molar-refractivity contribution in [1.82, 2.24) is 4.98 Å². The molecule has 0 unspecified atom stereocenters. The fraction of sp³-hybridized carbons (Fsp3) is 0.278. The number of anilines is 1. The van der Waals surface area contributed by atoms with Crippen LogP contribution in [0.4, 0.5) is 5.00 Å². The predicted molar refractivity (Wildman–Crippen MR) is 96.3 cm³/mol. The van der Waals surface area contributed by atoms with Crippen LogP contribution < -0.4 is 5.32 Å². The molecular formula is C18H20N2O3S. The van der Waals surface area contributed by atoms with Crippen LogP contribution >= 0.6 is 11.3 Å². The van der Waals surface area contributed by atoms with E-state index in [2.05, 4.69) is 10.3 Å². The Bertz CT molecular complexity index is 751. The number of nitrogens with zero attached hydrogens (tertiary/aromatic N) is 1. The van der Waals surface area contributed by atoms with Crippen molar-refractivity contribution in [1.29, 1.82) is 0 Å². The van der Waals surface area contributed by atoms with Gasteiger partial charge in [0.25, 0.3) is 0 Å². The van der Waals surface area contributed by atoms with Crippen molar-refractivity contribution in [2.75, 3.05) is 11.9 Å².